The van der Waals surface area contributed by atoms with Gasteiger partial charge in [0.25, 0.3) is 15.9 Å². The van der Waals surface area contributed by atoms with Crippen LogP contribution in [0.2, 0.25) is 5.02 Å². The molecule has 1 heterocycles. The van der Waals surface area contributed by atoms with Crippen LogP contribution in [0.1, 0.15) is 43.9 Å². The fourth-order valence-electron chi connectivity index (χ4n) is 4.33. The quantitative estimate of drug-likeness (QED) is 0.243. The summed E-state index contributed by atoms with van der Waals surface area (Å²) in [5.41, 5.74) is 6.61. The van der Waals surface area contributed by atoms with Crippen molar-refractivity contribution in [3.63, 3.8) is 0 Å². The zero-order valence-corrected chi connectivity index (χ0v) is 23.0. The highest BCUT2D eigenvalue weighted by atomic mass is 35.5. The molecule has 5 rings (SSSR count). The first kappa shape index (κ1) is 26.3. The molecule has 4 aromatic carbocycles. The van der Waals surface area contributed by atoms with Crippen LogP contribution in [0.15, 0.2) is 95.9 Å². The van der Waals surface area contributed by atoms with Crippen molar-refractivity contribution in [3.05, 3.63) is 135 Å². The summed E-state index contributed by atoms with van der Waals surface area (Å²) in [6.45, 7) is 3.83. The second kappa shape index (κ2) is 10.8. The fraction of sp³-hybridized carbons (Fsp3) is 0.0938. The Labute approximate surface area is 232 Å². The summed E-state index contributed by atoms with van der Waals surface area (Å²) in [6, 6.07) is 26.9. The van der Waals surface area contributed by atoms with Crippen molar-refractivity contribution in [1.29, 1.82) is 0 Å². The molecular formula is C32H25ClN2O3S. The molecule has 0 radical (unpaired) electrons. The standard InChI is InChI=1S/C32H25ClN2O3S/c1-21-8-15-27(16-9-21)39(37,38)35-32(36)26-14-17-31-29(20-26)28(22(2)34-31)19-25-13-12-24(18-30(25)33)11-10-23-6-4-3-5-7-23/h3-9,12-18,20,34H,19H2,1-2H3,(H,35,36). The second-order valence-corrected chi connectivity index (χ2v) is 11.4. The van der Waals surface area contributed by atoms with Crippen LogP contribution in [0.5, 0.6) is 0 Å². The van der Waals surface area contributed by atoms with Crippen molar-refractivity contribution in [3.8, 4) is 11.8 Å². The number of H-pyrrole nitrogens is 1. The molecule has 0 spiro atoms. The molecule has 0 bridgehead atoms. The van der Waals surface area contributed by atoms with E-state index in [-0.39, 0.29) is 10.5 Å². The Morgan fingerprint density at radius 1 is 0.872 bits per heavy atom. The Morgan fingerprint density at radius 3 is 2.31 bits per heavy atom. The van der Waals surface area contributed by atoms with Crippen LogP contribution in [0.3, 0.4) is 0 Å². The first-order valence-electron chi connectivity index (χ1n) is 12.3. The Kier molecular flexibility index (Phi) is 7.30. The molecule has 7 heteroatoms. The highest BCUT2D eigenvalue weighted by Gasteiger charge is 2.20. The van der Waals surface area contributed by atoms with Gasteiger partial charge in [-0.15, -0.1) is 0 Å². The minimum absolute atomic E-state index is 0.0345. The third-order valence-corrected chi connectivity index (χ3v) is 8.18. The van der Waals surface area contributed by atoms with Crippen molar-refractivity contribution >= 4 is 38.4 Å². The lowest BCUT2D eigenvalue weighted by Gasteiger charge is -2.09. The van der Waals surface area contributed by atoms with Crippen LogP contribution in [-0.2, 0) is 16.4 Å². The Morgan fingerprint density at radius 2 is 1.59 bits per heavy atom. The van der Waals surface area contributed by atoms with Crippen molar-refractivity contribution < 1.29 is 13.2 Å². The number of benzene rings is 4. The van der Waals surface area contributed by atoms with E-state index in [2.05, 4.69) is 21.5 Å². The molecular weight excluding hydrogens is 528 g/mol. The number of rotatable bonds is 5. The van der Waals surface area contributed by atoms with E-state index in [0.717, 1.165) is 44.4 Å². The van der Waals surface area contributed by atoms with Gasteiger partial charge in [0.05, 0.1) is 4.90 Å². The molecule has 1 aromatic heterocycles. The van der Waals surface area contributed by atoms with Gasteiger partial charge in [0.2, 0.25) is 0 Å². The van der Waals surface area contributed by atoms with Crippen LogP contribution in [0.25, 0.3) is 10.9 Å². The lowest BCUT2D eigenvalue weighted by atomic mass is 9.99. The molecule has 0 saturated heterocycles. The lowest BCUT2D eigenvalue weighted by Crippen LogP contribution is -2.30. The van der Waals surface area contributed by atoms with Gasteiger partial charge in [0, 0.05) is 44.7 Å². The third kappa shape index (κ3) is 5.91. The zero-order chi connectivity index (χ0) is 27.6. The predicted molar refractivity (Wildman–Crippen MR) is 156 cm³/mol. The molecule has 0 atom stereocenters. The van der Waals surface area contributed by atoms with Gasteiger partial charge < -0.3 is 4.98 Å². The fourth-order valence-corrected chi connectivity index (χ4v) is 5.55. The van der Waals surface area contributed by atoms with Gasteiger partial charge in [-0.1, -0.05) is 65.4 Å². The molecule has 194 valence electrons. The highest BCUT2D eigenvalue weighted by Crippen LogP contribution is 2.29. The molecule has 39 heavy (non-hydrogen) atoms. The number of aromatic amines is 1. The molecule has 1 amide bonds. The number of carbonyl (C=O) groups is 1. The van der Waals surface area contributed by atoms with E-state index >= 15 is 0 Å². The number of carbonyl (C=O) groups excluding carboxylic acids is 1. The molecule has 2 N–H and O–H groups in total. The van der Waals surface area contributed by atoms with Gasteiger partial charge in [0.15, 0.2) is 0 Å². The van der Waals surface area contributed by atoms with E-state index in [1.54, 1.807) is 30.3 Å². The number of aryl methyl sites for hydroxylation is 2. The summed E-state index contributed by atoms with van der Waals surface area (Å²) in [5, 5.41) is 1.43. The van der Waals surface area contributed by atoms with E-state index in [9.17, 15) is 13.2 Å². The molecule has 0 unspecified atom stereocenters. The summed E-state index contributed by atoms with van der Waals surface area (Å²) < 4.78 is 27.6. The van der Waals surface area contributed by atoms with Crippen LogP contribution >= 0.6 is 11.6 Å². The van der Waals surface area contributed by atoms with Gasteiger partial charge in [-0.05, 0) is 79.6 Å². The van der Waals surface area contributed by atoms with Crippen molar-refractivity contribution in [1.82, 2.24) is 9.71 Å². The second-order valence-electron chi connectivity index (χ2n) is 9.34. The highest BCUT2D eigenvalue weighted by molar-refractivity contribution is 7.90. The SMILES string of the molecule is Cc1ccc(S(=O)(=O)NC(=O)c2ccc3[nH]c(C)c(Cc4ccc(C#Cc5ccccc5)cc4Cl)c3c2)cc1. The van der Waals surface area contributed by atoms with Gasteiger partial charge in [-0.2, -0.15) is 0 Å². The Hall–Kier alpha value is -4.31. The smallest absolute Gasteiger partial charge is 0.265 e. The van der Waals surface area contributed by atoms with E-state index in [0.29, 0.717) is 11.4 Å². The van der Waals surface area contributed by atoms with Gasteiger partial charge in [-0.3, -0.25) is 4.79 Å². The number of amides is 1. The molecule has 5 aromatic rings. The molecule has 0 aliphatic carbocycles. The van der Waals surface area contributed by atoms with Crippen LogP contribution in [-0.4, -0.2) is 19.3 Å². The van der Waals surface area contributed by atoms with Crippen LogP contribution in [0.4, 0.5) is 0 Å². The molecule has 0 aliphatic heterocycles. The monoisotopic (exact) mass is 552 g/mol. The predicted octanol–water partition coefficient (Wildman–Crippen LogP) is 6.55. The van der Waals surface area contributed by atoms with Gasteiger partial charge in [0.1, 0.15) is 0 Å². The van der Waals surface area contributed by atoms with E-state index < -0.39 is 15.9 Å². The maximum Gasteiger partial charge on any atom is 0.265 e. The largest absolute Gasteiger partial charge is 0.358 e. The summed E-state index contributed by atoms with van der Waals surface area (Å²) in [6.07, 6.45) is 0.532. The number of nitrogens with one attached hydrogen (secondary N) is 2. The Bertz CT molecular complexity index is 1860. The average Bonchev–Trinajstić information content (AvgIpc) is 3.23. The van der Waals surface area contributed by atoms with Crippen molar-refractivity contribution in [2.75, 3.05) is 0 Å². The number of hydrogen-bond donors (Lipinski definition) is 2. The normalized spacial score (nSPS) is 11.2. The van der Waals surface area contributed by atoms with E-state index in [1.165, 1.54) is 12.1 Å². The number of aromatic nitrogens is 1. The number of hydrogen-bond acceptors (Lipinski definition) is 3. The van der Waals surface area contributed by atoms with Crippen LogP contribution in [0, 0.1) is 25.7 Å². The maximum atomic E-state index is 12.9. The minimum atomic E-state index is -4.00. The third-order valence-electron chi connectivity index (χ3n) is 6.49. The zero-order valence-electron chi connectivity index (χ0n) is 21.4. The minimum Gasteiger partial charge on any atom is -0.358 e. The molecule has 5 nitrogen and oxygen atoms in total. The van der Waals surface area contributed by atoms with Crippen molar-refractivity contribution in [2.24, 2.45) is 0 Å². The van der Waals surface area contributed by atoms with Gasteiger partial charge >= 0.3 is 0 Å². The molecule has 0 fully saturated rings. The van der Waals surface area contributed by atoms with Gasteiger partial charge in [-0.25, -0.2) is 13.1 Å². The topological polar surface area (TPSA) is 79.0 Å². The maximum absolute atomic E-state index is 12.9. The first-order valence-corrected chi connectivity index (χ1v) is 14.2. The summed E-state index contributed by atoms with van der Waals surface area (Å²) in [7, 11) is -4.00. The van der Waals surface area contributed by atoms with Crippen molar-refractivity contribution in [2.45, 2.75) is 25.2 Å². The summed E-state index contributed by atoms with van der Waals surface area (Å²) in [5.74, 6) is 5.59. The molecule has 0 aliphatic rings. The summed E-state index contributed by atoms with van der Waals surface area (Å²) >= 11 is 6.65. The number of fused-ring (bicyclic) bond motifs is 1. The summed E-state index contributed by atoms with van der Waals surface area (Å²) in [4.78, 5) is 16.3. The lowest BCUT2D eigenvalue weighted by molar-refractivity contribution is 0.0981. The van der Waals surface area contributed by atoms with Crippen LogP contribution < -0.4 is 4.72 Å². The average molecular weight is 553 g/mol. The molecule has 0 saturated carbocycles. The van der Waals surface area contributed by atoms with E-state index in [4.69, 9.17) is 11.6 Å². The van der Waals surface area contributed by atoms with E-state index in [1.807, 2.05) is 62.4 Å². The number of halogens is 1. The number of sulfonamides is 1. The first-order chi connectivity index (χ1) is 18.7. The Balaban J connectivity index is 1.40.